The van der Waals surface area contributed by atoms with Crippen molar-refractivity contribution in [2.45, 2.75) is 6.54 Å². The Hall–Kier alpha value is -1.04. The van der Waals surface area contributed by atoms with Crippen LogP contribution >= 0.6 is 11.6 Å². The van der Waals surface area contributed by atoms with Crippen molar-refractivity contribution >= 4 is 11.6 Å². The van der Waals surface area contributed by atoms with Crippen LogP contribution in [0.15, 0.2) is 6.07 Å². The van der Waals surface area contributed by atoms with Gasteiger partial charge in [0.1, 0.15) is 10.8 Å². The van der Waals surface area contributed by atoms with Crippen molar-refractivity contribution in [1.29, 1.82) is 0 Å². The lowest BCUT2D eigenvalue weighted by atomic mass is 10.2. The van der Waals surface area contributed by atoms with Crippen LogP contribution in [0.25, 0.3) is 0 Å². The summed E-state index contributed by atoms with van der Waals surface area (Å²) < 4.78 is 23.8. The molecule has 0 radical (unpaired) electrons. The summed E-state index contributed by atoms with van der Waals surface area (Å²) in [6.45, 7) is 0.272. The first-order valence-electron chi connectivity index (χ1n) is 4.26. The number of nitrogens with one attached hydrogen (secondary N) is 1. The predicted molar refractivity (Wildman–Crippen MR) is 51.4 cm³/mol. The molecular formula is C9H9ClFNO3. The zero-order valence-electron chi connectivity index (χ0n) is 7.97. The van der Waals surface area contributed by atoms with Crippen LogP contribution in [0.1, 0.15) is 5.56 Å². The molecule has 0 saturated carbocycles. The first-order chi connectivity index (χ1) is 7.24. The Morgan fingerprint density at radius 3 is 3.13 bits per heavy atom. The van der Waals surface area contributed by atoms with Crippen molar-refractivity contribution in [3.63, 3.8) is 0 Å². The summed E-state index contributed by atoms with van der Waals surface area (Å²) >= 11 is 5.77. The fraction of sp³-hybridized carbons (Fsp3) is 0.333. The first kappa shape index (κ1) is 10.5. The average molecular weight is 234 g/mol. The molecule has 0 atom stereocenters. The summed E-state index contributed by atoms with van der Waals surface area (Å²) in [5.41, 5.74) is 2.90. The number of hydrogen-bond donors (Lipinski definition) is 1. The highest BCUT2D eigenvalue weighted by atomic mass is 35.5. The molecule has 1 aromatic rings. The van der Waals surface area contributed by atoms with Gasteiger partial charge in [0, 0.05) is 12.1 Å². The van der Waals surface area contributed by atoms with Crippen LogP contribution in [0.5, 0.6) is 11.5 Å². The van der Waals surface area contributed by atoms with E-state index in [0.717, 1.165) is 0 Å². The highest BCUT2D eigenvalue weighted by molar-refractivity contribution is 6.32. The average Bonchev–Trinajstić information content (AvgIpc) is 2.69. The van der Waals surface area contributed by atoms with E-state index in [2.05, 4.69) is 10.3 Å². The largest absolute Gasteiger partial charge is 0.454 e. The third-order valence-corrected chi connectivity index (χ3v) is 2.37. The molecule has 2 rings (SSSR count). The van der Waals surface area contributed by atoms with Crippen LogP contribution < -0.4 is 15.0 Å². The molecule has 0 spiro atoms. The summed E-state index contributed by atoms with van der Waals surface area (Å²) in [6, 6.07) is 1.54. The molecule has 4 nitrogen and oxygen atoms in total. The quantitative estimate of drug-likeness (QED) is 0.809. The zero-order chi connectivity index (χ0) is 10.8. The summed E-state index contributed by atoms with van der Waals surface area (Å²) in [5, 5.41) is -0.0575. The first-order valence-corrected chi connectivity index (χ1v) is 4.64. The number of halogens is 2. The fourth-order valence-corrected chi connectivity index (χ4v) is 1.58. The lowest BCUT2D eigenvalue weighted by Crippen LogP contribution is -2.12. The molecule has 0 aromatic heterocycles. The van der Waals surface area contributed by atoms with Gasteiger partial charge >= 0.3 is 0 Å². The van der Waals surface area contributed by atoms with E-state index >= 15 is 0 Å². The highest BCUT2D eigenvalue weighted by Gasteiger charge is 2.23. The van der Waals surface area contributed by atoms with E-state index in [1.54, 1.807) is 0 Å². The molecule has 1 N–H and O–H groups in total. The second-order valence-electron chi connectivity index (χ2n) is 2.92. The Morgan fingerprint density at radius 1 is 1.60 bits per heavy atom. The van der Waals surface area contributed by atoms with Gasteiger partial charge in [0.25, 0.3) is 0 Å². The number of hydrogen-bond acceptors (Lipinski definition) is 4. The summed E-state index contributed by atoms with van der Waals surface area (Å²) in [7, 11) is 1.45. The van der Waals surface area contributed by atoms with Gasteiger partial charge in [-0.1, -0.05) is 11.6 Å². The Kier molecular flexibility index (Phi) is 2.95. The fourth-order valence-electron chi connectivity index (χ4n) is 1.31. The summed E-state index contributed by atoms with van der Waals surface area (Å²) in [5.74, 6) is 0.190. The molecule has 0 saturated heterocycles. The Bertz CT molecular complexity index is 386. The van der Waals surface area contributed by atoms with E-state index < -0.39 is 5.82 Å². The van der Waals surface area contributed by atoms with Gasteiger partial charge in [-0.25, -0.2) is 4.39 Å². The number of ether oxygens (including phenoxy) is 2. The second kappa shape index (κ2) is 4.22. The minimum Gasteiger partial charge on any atom is -0.454 e. The molecule has 1 aliphatic rings. The van der Waals surface area contributed by atoms with Gasteiger partial charge < -0.3 is 14.3 Å². The molecule has 1 heterocycles. The van der Waals surface area contributed by atoms with Crippen molar-refractivity contribution in [3.8, 4) is 11.5 Å². The number of hydroxylamine groups is 1. The maximum Gasteiger partial charge on any atom is 0.231 e. The third-order valence-electron chi connectivity index (χ3n) is 2.03. The van der Waals surface area contributed by atoms with E-state index in [4.69, 9.17) is 21.1 Å². The second-order valence-corrected chi connectivity index (χ2v) is 3.30. The van der Waals surface area contributed by atoms with Crippen LogP contribution in [0.4, 0.5) is 4.39 Å². The van der Waals surface area contributed by atoms with Crippen molar-refractivity contribution in [2.75, 3.05) is 13.9 Å². The van der Waals surface area contributed by atoms with E-state index in [1.807, 2.05) is 0 Å². The Balaban J connectivity index is 2.36. The topological polar surface area (TPSA) is 39.7 Å². The molecule has 0 unspecified atom stereocenters. The van der Waals surface area contributed by atoms with Gasteiger partial charge in [0.05, 0.1) is 7.11 Å². The van der Waals surface area contributed by atoms with Crippen LogP contribution in [0.3, 0.4) is 0 Å². The van der Waals surface area contributed by atoms with E-state index in [9.17, 15) is 4.39 Å². The van der Waals surface area contributed by atoms with Crippen molar-refractivity contribution in [3.05, 3.63) is 22.5 Å². The molecule has 1 aliphatic heterocycles. The Labute approximate surface area is 90.8 Å². The molecule has 0 amide bonds. The van der Waals surface area contributed by atoms with Crippen LogP contribution in [-0.2, 0) is 11.4 Å². The molecule has 82 valence electrons. The van der Waals surface area contributed by atoms with Gasteiger partial charge in [-0.2, -0.15) is 5.48 Å². The minimum atomic E-state index is -0.523. The third kappa shape index (κ3) is 1.86. The highest BCUT2D eigenvalue weighted by Crippen LogP contribution is 2.41. The van der Waals surface area contributed by atoms with Gasteiger partial charge in [-0.15, -0.1) is 0 Å². The van der Waals surface area contributed by atoms with Crippen LogP contribution in [-0.4, -0.2) is 13.9 Å². The van der Waals surface area contributed by atoms with Gasteiger partial charge in [0.15, 0.2) is 11.5 Å². The lowest BCUT2D eigenvalue weighted by molar-refractivity contribution is 0.0859. The number of benzene rings is 1. The number of fused-ring (bicyclic) bond motifs is 1. The molecule has 1 aromatic carbocycles. The number of rotatable bonds is 3. The van der Waals surface area contributed by atoms with Gasteiger partial charge in [-0.3, -0.25) is 0 Å². The van der Waals surface area contributed by atoms with Crippen molar-refractivity contribution < 1.29 is 18.7 Å². The molecule has 6 heteroatoms. The monoisotopic (exact) mass is 233 g/mol. The van der Waals surface area contributed by atoms with Crippen molar-refractivity contribution in [1.82, 2.24) is 5.48 Å². The predicted octanol–water partition coefficient (Wildman–Crippen LogP) is 1.86. The molecule has 0 fully saturated rings. The Morgan fingerprint density at radius 2 is 2.40 bits per heavy atom. The smallest absolute Gasteiger partial charge is 0.231 e. The summed E-state index contributed by atoms with van der Waals surface area (Å²) in [6.07, 6.45) is 0. The van der Waals surface area contributed by atoms with Crippen LogP contribution in [0.2, 0.25) is 5.02 Å². The van der Waals surface area contributed by atoms with Crippen molar-refractivity contribution in [2.24, 2.45) is 0 Å². The maximum atomic E-state index is 13.6. The standard InChI is InChI=1S/C9H9ClFNO3/c1-13-12-3-5-2-6-9(15-4-14-6)7(10)8(5)11/h2,12H,3-4H2,1H3. The van der Waals surface area contributed by atoms with E-state index in [1.165, 1.54) is 13.2 Å². The normalized spacial score (nSPS) is 13.3. The molecular weight excluding hydrogens is 225 g/mol. The molecule has 15 heavy (non-hydrogen) atoms. The lowest BCUT2D eigenvalue weighted by Gasteiger charge is -2.07. The maximum absolute atomic E-state index is 13.6. The SMILES string of the molecule is CONCc1cc2c(c(Cl)c1F)OCO2. The van der Waals surface area contributed by atoms with Crippen LogP contribution in [0, 0.1) is 5.82 Å². The molecule has 0 bridgehead atoms. The minimum absolute atomic E-state index is 0.0575. The summed E-state index contributed by atoms with van der Waals surface area (Å²) in [4.78, 5) is 4.63. The zero-order valence-corrected chi connectivity index (χ0v) is 8.73. The van der Waals surface area contributed by atoms with E-state index in [-0.39, 0.29) is 24.1 Å². The molecule has 0 aliphatic carbocycles. The van der Waals surface area contributed by atoms with Gasteiger partial charge in [0.2, 0.25) is 6.79 Å². The van der Waals surface area contributed by atoms with Gasteiger partial charge in [-0.05, 0) is 6.07 Å². The van der Waals surface area contributed by atoms with E-state index in [0.29, 0.717) is 11.3 Å².